The first-order chi connectivity index (χ1) is 7.74. The molecule has 1 amide bonds. The Morgan fingerprint density at radius 1 is 1.56 bits per heavy atom. The van der Waals surface area contributed by atoms with Crippen LogP contribution in [0.5, 0.6) is 0 Å². The van der Waals surface area contributed by atoms with Crippen LogP contribution >= 0.6 is 11.8 Å². The number of nitrogens with one attached hydrogen (secondary N) is 1. The van der Waals surface area contributed by atoms with Crippen LogP contribution in [-0.2, 0) is 11.8 Å². The molecule has 0 aliphatic heterocycles. The minimum atomic E-state index is -0.0963. The van der Waals surface area contributed by atoms with E-state index < -0.39 is 0 Å². The topological polar surface area (TPSA) is 85.8 Å². The Morgan fingerprint density at radius 2 is 2.38 bits per heavy atom. The van der Waals surface area contributed by atoms with E-state index in [1.807, 2.05) is 7.05 Å². The van der Waals surface area contributed by atoms with E-state index in [-0.39, 0.29) is 5.91 Å². The van der Waals surface area contributed by atoms with E-state index in [1.54, 1.807) is 22.8 Å². The zero-order chi connectivity index (χ0) is 11.8. The lowest BCUT2D eigenvalue weighted by Crippen LogP contribution is -2.29. The average Bonchev–Trinajstić information content (AvgIpc) is 2.69. The number of unbranched alkanes of at least 4 members (excludes halogenated alkanes) is 2. The Balaban J connectivity index is 2.00. The van der Waals surface area contributed by atoms with Crippen molar-refractivity contribution in [1.82, 2.24) is 20.2 Å². The molecule has 0 aromatic carbocycles. The van der Waals surface area contributed by atoms with Crippen LogP contribution in [0.1, 0.15) is 25.7 Å². The minimum absolute atomic E-state index is 0.0963. The molecule has 1 heterocycles. The number of thioether (sulfide) groups is 1. The highest BCUT2D eigenvalue weighted by atomic mass is 32.2. The highest BCUT2D eigenvalue weighted by molar-refractivity contribution is 7.99. The van der Waals surface area contributed by atoms with Crippen molar-refractivity contribution in [3.8, 4) is 0 Å². The van der Waals surface area contributed by atoms with E-state index in [2.05, 4.69) is 15.5 Å². The number of rotatable bonds is 7. The molecule has 0 fully saturated rings. The number of hydrogen-bond acceptors (Lipinski definition) is 5. The van der Waals surface area contributed by atoms with Crippen molar-refractivity contribution in [1.29, 1.82) is 0 Å². The predicted octanol–water partition coefficient (Wildman–Crippen LogP) is 0.458. The van der Waals surface area contributed by atoms with Gasteiger partial charge in [-0.05, 0) is 12.8 Å². The van der Waals surface area contributed by atoms with Crippen molar-refractivity contribution < 1.29 is 4.79 Å². The summed E-state index contributed by atoms with van der Waals surface area (Å²) in [4.78, 5) is 14.9. The van der Waals surface area contributed by atoms with Crippen LogP contribution in [-0.4, -0.2) is 26.4 Å². The van der Waals surface area contributed by atoms with Crippen LogP contribution in [0, 0.1) is 0 Å². The predicted molar refractivity (Wildman–Crippen MR) is 62.5 cm³/mol. The maximum atomic E-state index is 10.8. The maximum Gasteiger partial charge on any atom is 0.233 e. The first-order valence-electron chi connectivity index (χ1n) is 5.20. The van der Waals surface area contributed by atoms with Gasteiger partial charge in [0.05, 0.1) is 0 Å². The van der Waals surface area contributed by atoms with Gasteiger partial charge in [0.15, 0.2) is 5.16 Å². The molecule has 1 aromatic rings. The van der Waals surface area contributed by atoms with E-state index in [1.165, 1.54) is 0 Å². The number of hydrogen-bond donors (Lipinski definition) is 2. The van der Waals surface area contributed by atoms with Gasteiger partial charge in [0.25, 0.3) is 0 Å². The van der Waals surface area contributed by atoms with E-state index in [4.69, 9.17) is 5.84 Å². The maximum absolute atomic E-state index is 10.8. The van der Waals surface area contributed by atoms with Gasteiger partial charge >= 0.3 is 0 Å². The third-order valence-electron chi connectivity index (χ3n) is 2.11. The molecule has 90 valence electrons. The molecule has 0 aliphatic carbocycles. The molecule has 3 N–H and O–H groups in total. The van der Waals surface area contributed by atoms with Crippen LogP contribution in [0.4, 0.5) is 0 Å². The molecule has 1 aromatic heterocycles. The lowest BCUT2D eigenvalue weighted by Gasteiger charge is -2.01. The number of amides is 1. The van der Waals surface area contributed by atoms with E-state index >= 15 is 0 Å². The number of nitrogens with zero attached hydrogens (tertiary/aromatic N) is 3. The van der Waals surface area contributed by atoms with Crippen LogP contribution in [0.3, 0.4) is 0 Å². The Hall–Kier alpha value is -1.08. The first kappa shape index (κ1) is 13.0. The largest absolute Gasteiger partial charge is 0.294 e. The fraction of sp³-hybridized carbons (Fsp3) is 0.667. The van der Waals surface area contributed by atoms with Crippen LogP contribution in [0.25, 0.3) is 0 Å². The highest BCUT2D eigenvalue weighted by Gasteiger charge is 2.01. The van der Waals surface area contributed by atoms with Crippen LogP contribution < -0.4 is 11.3 Å². The fourth-order valence-electron chi connectivity index (χ4n) is 1.22. The Morgan fingerprint density at radius 3 is 3.00 bits per heavy atom. The van der Waals surface area contributed by atoms with Gasteiger partial charge in [-0.15, -0.1) is 0 Å². The molecule has 6 nitrogen and oxygen atoms in total. The van der Waals surface area contributed by atoms with Gasteiger partial charge < -0.3 is 0 Å². The molecule has 0 spiro atoms. The molecular formula is C9H17N5OS. The first-order valence-corrected chi connectivity index (χ1v) is 6.19. The van der Waals surface area contributed by atoms with E-state index in [0.717, 1.165) is 30.2 Å². The normalized spacial score (nSPS) is 10.4. The number of aromatic nitrogens is 3. The second-order valence-corrected chi connectivity index (χ2v) is 4.45. The molecule has 0 radical (unpaired) electrons. The molecular weight excluding hydrogens is 226 g/mol. The Labute approximate surface area is 99.0 Å². The summed E-state index contributed by atoms with van der Waals surface area (Å²) in [6.45, 7) is 0. The van der Waals surface area contributed by atoms with Crippen LogP contribution in [0.2, 0.25) is 0 Å². The van der Waals surface area contributed by atoms with Crippen molar-refractivity contribution in [2.24, 2.45) is 12.9 Å². The Bertz CT molecular complexity index is 327. The highest BCUT2D eigenvalue weighted by Crippen LogP contribution is 2.15. The van der Waals surface area contributed by atoms with Gasteiger partial charge in [-0.1, -0.05) is 18.2 Å². The lowest BCUT2D eigenvalue weighted by molar-refractivity contribution is -0.121. The number of carbonyl (C=O) groups excluding carboxylic acids is 1. The zero-order valence-corrected chi connectivity index (χ0v) is 10.2. The molecule has 0 unspecified atom stereocenters. The van der Waals surface area contributed by atoms with Gasteiger partial charge in [0.1, 0.15) is 6.33 Å². The lowest BCUT2D eigenvalue weighted by atomic mass is 10.2. The second-order valence-electron chi connectivity index (χ2n) is 3.39. The molecule has 7 heteroatoms. The van der Waals surface area contributed by atoms with Gasteiger partial charge in [-0.2, -0.15) is 5.10 Å². The molecule has 0 bridgehead atoms. The van der Waals surface area contributed by atoms with E-state index in [9.17, 15) is 4.79 Å². The van der Waals surface area contributed by atoms with Crippen molar-refractivity contribution in [2.45, 2.75) is 30.8 Å². The summed E-state index contributed by atoms with van der Waals surface area (Å²) in [5.41, 5.74) is 2.12. The van der Waals surface area contributed by atoms with Crippen LogP contribution in [0.15, 0.2) is 11.5 Å². The standard InChI is InChI=1S/C9H17N5OS/c1-14-9(11-7-12-14)16-6-4-2-3-5-8(15)13-10/h7H,2-6,10H2,1H3,(H,13,15). The number of aryl methyl sites for hydroxylation is 1. The summed E-state index contributed by atoms with van der Waals surface area (Å²) in [6.07, 6.45) is 5.02. The van der Waals surface area contributed by atoms with Gasteiger partial charge in [-0.25, -0.2) is 15.5 Å². The number of carbonyl (C=O) groups is 1. The van der Waals surface area contributed by atoms with Gasteiger partial charge in [-0.3, -0.25) is 10.2 Å². The zero-order valence-electron chi connectivity index (χ0n) is 9.35. The second kappa shape index (κ2) is 7.24. The minimum Gasteiger partial charge on any atom is -0.294 e. The smallest absolute Gasteiger partial charge is 0.233 e. The molecule has 16 heavy (non-hydrogen) atoms. The van der Waals surface area contributed by atoms with Gasteiger partial charge in [0.2, 0.25) is 5.91 Å². The van der Waals surface area contributed by atoms with Crippen molar-refractivity contribution in [2.75, 3.05) is 5.75 Å². The summed E-state index contributed by atoms with van der Waals surface area (Å²) in [5, 5.41) is 4.91. The third kappa shape index (κ3) is 4.63. The van der Waals surface area contributed by atoms with Gasteiger partial charge in [0, 0.05) is 19.2 Å². The number of nitrogens with two attached hydrogens (primary N) is 1. The summed E-state index contributed by atoms with van der Waals surface area (Å²) in [7, 11) is 1.88. The summed E-state index contributed by atoms with van der Waals surface area (Å²) in [5.74, 6) is 5.87. The molecule has 1 rings (SSSR count). The molecule has 0 atom stereocenters. The summed E-state index contributed by atoms with van der Waals surface area (Å²) < 4.78 is 1.76. The molecule has 0 saturated carbocycles. The van der Waals surface area contributed by atoms with E-state index in [0.29, 0.717) is 6.42 Å². The van der Waals surface area contributed by atoms with Crippen molar-refractivity contribution >= 4 is 17.7 Å². The van der Waals surface area contributed by atoms with Crippen molar-refractivity contribution in [3.63, 3.8) is 0 Å². The SMILES string of the molecule is Cn1ncnc1SCCCCCC(=O)NN. The molecule has 0 aliphatic rings. The summed E-state index contributed by atoms with van der Waals surface area (Å²) >= 11 is 1.68. The molecule has 0 saturated heterocycles. The monoisotopic (exact) mass is 243 g/mol. The average molecular weight is 243 g/mol. The third-order valence-corrected chi connectivity index (χ3v) is 3.23. The summed E-state index contributed by atoms with van der Waals surface area (Å²) in [6, 6.07) is 0. The number of hydrazine groups is 1. The van der Waals surface area contributed by atoms with Crippen molar-refractivity contribution in [3.05, 3.63) is 6.33 Å². The fourth-order valence-corrected chi connectivity index (χ4v) is 2.10. The Kier molecular flexibility index (Phi) is 5.87. The quantitative estimate of drug-likeness (QED) is 0.239.